The first-order chi connectivity index (χ1) is 13.3. The Labute approximate surface area is 163 Å². The molecule has 0 aliphatic heterocycles. The van der Waals surface area contributed by atoms with Gasteiger partial charge in [-0.2, -0.15) is 13.2 Å². The van der Waals surface area contributed by atoms with Crippen LogP contribution in [0.3, 0.4) is 0 Å². The second-order valence-corrected chi connectivity index (χ2v) is 8.22. The zero-order valence-corrected chi connectivity index (χ0v) is 15.8. The fraction of sp³-hybridized carbons (Fsp3) is 0.435. The van der Waals surface area contributed by atoms with Gasteiger partial charge in [-0.3, -0.25) is 4.79 Å². The van der Waals surface area contributed by atoms with E-state index in [-0.39, 0.29) is 11.9 Å². The first-order valence-corrected chi connectivity index (χ1v) is 9.90. The van der Waals surface area contributed by atoms with Crippen LogP contribution in [0, 0.1) is 17.8 Å². The van der Waals surface area contributed by atoms with Crippen molar-refractivity contribution in [2.45, 2.75) is 44.8 Å². The van der Waals surface area contributed by atoms with Crippen molar-refractivity contribution in [2.75, 3.05) is 0 Å². The highest BCUT2D eigenvalue weighted by molar-refractivity contribution is 6.01. The number of rotatable bonds is 4. The summed E-state index contributed by atoms with van der Waals surface area (Å²) in [5.41, 5.74) is 1.06. The number of amides is 1. The van der Waals surface area contributed by atoms with E-state index in [0.29, 0.717) is 28.5 Å². The molecule has 2 saturated carbocycles. The lowest BCUT2D eigenvalue weighted by Gasteiger charge is -2.28. The van der Waals surface area contributed by atoms with Crippen molar-refractivity contribution >= 4 is 5.91 Å². The SMILES string of the molecule is C[C@@H](NC(=O)c1ccccc1-c1ccc(C(F)(F)F)cc1)[C@@H]1C[C@H]2CC[C@H]1C2. The fourth-order valence-corrected chi connectivity index (χ4v) is 5.07. The molecule has 1 amide bonds. The molecule has 0 aromatic heterocycles. The van der Waals surface area contributed by atoms with Gasteiger partial charge in [0.25, 0.3) is 5.91 Å². The van der Waals surface area contributed by atoms with Gasteiger partial charge in [0.1, 0.15) is 0 Å². The zero-order valence-electron chi connectivity index (χ0n) is 15.8. The van der Waals surface area contributed by atoms with Crippen LogP contribution in [0.2, 0.25) is 0 Å². The maximum atomic E-state index is 12.9. The molecule has 0 saturated heterocycles. The fourth-order valence-electron chi connectivity index (χ4n) is 5.07. The van der Waals surface area contributed by atoms with Crippen LogP contribution in [0.5, 0.6) is 0 Å². The van der Waals surface area contributed by atoms with Crippen LogP contribution in [0.25, 0.3) is 11.1 Å². The summed E-state index contributed by atoms with van der Waals surface area (Å²) < 4.78 is 38.5. The Bertz CT molecular complexity index is 859. The van der Waals surface area contributed by atoms with Crippen LogP contribution < -0.4 is 5.32 Å². The standard InChI is InChI=1S/C23H24F3NO/c1-14(21-13-15-6-7-17(21)12-15)27-22(28)20-5-3-2-4-19(20)16-8-10-18(11-9-16)23(24,25)26/h2-5,8-11,14-15,17,21H,6-7,12-13H2,1H3,(H,27,28)/t14-,15+,17+,21+/m1/s1. The predicted octanol–water partition coefficient (Wildman–Crippen LogP) is 5.93. The van der Waals surface area contributed by atoms with Gasteiger partial charge in [-0.25, -0.2) is 0 Å². The van der Waals surface area contributed by atoms with Gasteiger partial charge in [-0.1, -0.05) is 36.8 Å². The number of carbonyl (C=O) groups is 1. The minimum atomic E-state index is -4.37. The Morgan fingerprint density at radius 2 is 1.75 bits per heavy atom. The predicted molar refractivity (Wildman–Crippen MR) is 103 cm³/mol. The van der Waals surface area contributed by atoms with E-state index < -0.39 is 11.7 Å². The summed E-state index contributed by atoms with van der Waals surface area (Å²) in [6.07, 6.45) is 0.682. The molecule has 0 unspecified atom stereocenters. The Morgan fingerprint density at radius 1 is 1.04 bits per heavy atom. The summed E-state index contributed by atoms with van der Waals surface area (Å²) in [4.78, 5) is 12.9. The average molecular weight is 387 g/mol. The highest BCUT2D eigenvalue weighted by Crippen LogP contribution is 2.49. The van der Waals surface area contributed by atoms with Gasteiger partial charge in [-0.15, -0.1) is 0 Å². The number of nitrogens with one attached hydrogen (secondary N) is 1. The van der Waals surface area contributed by atoms with E-state index in [1.165, 1.54) is 37.8 Å². The highest BCUT2D eigenvalue weighted by Gasteiger charge is 2.42. The van der Waals surface area contributed by atoms with Crippen LogP contribution >= 0.6 is 0 Å². The first kappa shape index (κ1) is 19.0. The van der Waals surface area contributed by atoms with E-state index in [2.05, 4.69) is 12.2 Å². The molecule has 28 heavy (non-hydrogen) atoms. The van der Waals surface area contributed by atoms with E-state index in [0.717, 1.165) is 18.1 Å². The lowest BCUT2D eigenvalue weighted by molar-refractivity contribution is -0.137. The maximum Gasteiger partial charge on any atom is 0.416 e. The lowest BCUT2D eigenvalue weighted by atomic mass is 9.84. The quantitative estimate of drug-likeness (QED) is 0.692. The van der Waals surface area contributed by atoms with Crippen molar-refractivity contribution in [3.8, 4) is 11.1 Å². The molecule has 0 spiro atoms. The minimum Gasteiger partial charge on any atom is -0.349 e. The van der Waals surface area contributed by atoms with Crippen molar-refractivity contribution in [3.05, 3.63) is 59.7 Å². The van der Waals surface area contributed by atoms with Crippen molar-refractivity contribution in [1.29, 1.82) is 0 Å². The van der Waals surface area contributed by atoms with Gasteiger partial charge in [0.2, 0.25) is 0 Å². The van der Waals surface area contributed by atoms with Crippen molar-refractivity contribution in [2.24, 2.45) is 17.8 Å². The summed E-state index contributed by atoms with van der Waals surface area (Å²) in [5.74, 6) is 1.89. The van der Waals surface area contributed by atoms with Crippen LogP contribution in [-0.2, 0) is 6.18 Å². The topological polar surface area (TPSA) is 29.1 Å². The Hall–Kier alpha value is -2.30. The molecule has 2 aromatic rings. The number of alkyl halides is 3. The third-order valence-corrected chi connectivity index (χ3v) is 6.49. The molecule has 0 radical (unpaired) electrons. The Morgan fingerprint density at radius 3 is 2.36 bits per heavy atom. The van der Waals surface area contributed by atoms with Crippen molar-refractivity contribution in [1.82, 2.24) is 5.32 Å². The van der Waals surface area contributed by atoms with Crippen LogP contribution in [0.1, 0.15) is 48.5 Å². The molecule has 5 heteroatoms. The second-order valence-electron chi connectivity index (χ2n) is 8.22. The molecule has 0 heterocycles. The van der Waals surface area contributed by atoms with E-state index in [1.807, 2.05) is 0 Å². The molecule has 2 nitrogen and oxygen atoms in total. The van der Waals surface area contributed by atoms with Gasteiger partial charge in [0.05, 0.1) is 5.56 Å². The summed E-state index contributed by atoms with van der Waals surface area (Å²) in [5, 5.41) is 3.15. The number of halogens is 3. The maximum absolute atomic E-state index is 12.9. The van der Waals surface area contributed by atoms with Crippen molar-refractivity contribution in [3.63, 3.8) is 0 Å². The number of hydrogen-bond acceptors (Lipinski definition) is 1. The normalized spacial score (nSPS) is 24.9. The molecule has 2 aliphatic rings. The number of benzene rings is 2. The second kappa shape index (κ2) is 7.26. The smallest absolute Gasteiger partial charge is 0.349 e. The van der Waals surface area contributed by atoms with Crippen LogP contribution in [-0.4, -0.2) is 11.9 Å². The summed E-state index contributed by atoms with van der Waals surface area (Å²) in [7, 11) is 0. The van der Waals surface area contributed by atoms with Gasteiger partial charge >= 0.3 is 6.18 Å². The van der Waals surface area contributed by atoms with E-state index >= 15 is 0 Å². The minimum absolute atomic E-state index is 0.100. The van der Waals surface area contributed by atoms with E-state index in [4.69, 9.17) is 0 Å². The number of fused-ring (bicyclic) bond motifs is 2. The Kier molecular flexibility index (Phi) is 4.94. The van der Waals surface area contributed by atoms with Crippen LogP contribution in [0.4, 0.5) is 13.2 Å². The van der Waals surface area contributed by atoms with Gasteiger partial charge < -0.3 is 5.32 Å². The zero-order chi connectivity index (χ0) is 19.9. The van der Waals surface area contributed by atoms with E-state index in [9.17, 15) is 18.0 Å². The largest absolute Gasteiger partial charge is 0.416 e. The van der Waals surface area contributed by atoms with Crippen molar-refractivity contribution < 1.29 is 18.0 Å². The summed E-state index contributed by atoms with van der Waals surface area (Å²) in [6, 6.07) is 12.2. The van der Waals surface area contributed by atoms with Crippen LogP contribution in [0.15, 0.2) is 48.5 Å². The third kappa shape index (κ3) is 3.67. The highest BCUT2D eigenvalue weighted by atomic mass is 19.4. The van der Waals surface area contributed by atoms with Gasteiger partial charge in [-0.05, 0) is 73.3 Å². The molecule has 2 aliphatic carbocycles. The summed E-state index contributed by atoms with van der Waals surface area (Å²) in [6.45, 7) is 2.07. The lowest BCUT2D eigenvalue weighted by Crippen LogP contribution is -2.40. The number of carbonyl (C=O) groups excluding carboxylic acids is 1. The Balaban J connectivity index is 1.53. The molecule has 4 rings (SSSR count). The molecule has 2 fully saturated rings. The summed E-state index contributed by atoms with van der Waals surface area (Å²) >= 11 is 0. The molecular formula is C23H24F3NO. The van der Waals surface area contributed by atoms with E-state index in [1.54, 1.807) is 24.3 Å². The molecule has 4 atom stereocenters. The molecule has 1 N–H and O–H groups in total. The number of hydrogen-bond donors (Lipinski definition) is 1. The monoisotopic (exact) mass is 387 g/mol. The third-order valence-electron chi connectivity index (χ3n) is 6.49. The molecule has 2 bridgehead atoms. The molecule has 2 aromatic carbocycles. The first-order valence-electron chi connectivity index (χ1n) is 9.90. The molecular weight excluding hydrogens is 363 g/mol. The van der Waals surface area contributed by atoms with Gasteiger partial charge in [0, 0.05) is 11.6 Å². The van der Waals surface area contributed by atoms with Gasteiger partial charge in [0.15, 0.2) is 0 Å². The molecule has 148 valence electrons. The average Bonchev–Trinajstić information content (AvgIpc) is 3.31.